The highest BCUT2D eigenvalue weighted by molar-refractivity contribution is 7.17. The summed E-state index contributed by atoms with van der Waals surface area (Å²) in [5.41, 5.74) is 2.47. The van der Waals surface area contributed by atoms with Crippen LogP contribution in [0.3, 0.4) is 0 Å². The predicted octanol–water partition coefficient (Wildman–Crippen LogP) is 4.50. The molecule has 33 heavy (non-hydrogen) atoms. The van der Waals surface area contributed by atoms with Gasteiger partial charge in [0, 0.05) is 52.2 Å². The Morgan fingerprint density at radius 2 is 1.91 bits per heavy atom. The average Bonchev–Trinajstić information content (AvgIpc) is 3.25. The molecule has 0 saturated carbocycles. The number of aliphatic hydroxyl groups excluding tert-OH is 1. The van der Waals surface area contributed by atoms with E-state index in [1.165, 1.54) is 17.5 Å². The Hall–Kier alpha value is -3.46. The molecule has 3 N–H and O–H groups in total. The number of hydrogen-bond donors (Lipinski definition) is 3. The highest BCUT2D eigenvalue weighted by atomic mass is 35.5. The van der Waals surface area contributed by atoms with E-state index in [1.54, 1.807) is 54.7 Å². The number of thiophene rings is 1. The summed E-state index contributed by atoms with van der Waals surface area (Å²) in [6.07, 6.45) is 3.22. The number of nitrogens with one attached hydrogen (secondary N) is 2. The number of hydrogen-bond acceptors (Lipinski definition) is 6. The fourth-order valence-corrected chi connectivity index (χ4v) is 4.33. The van der Waals surface area contributed by atoms with Crippen LogP contribution >= 0.6 is 22.9 Å². The number of aliphatic hydroxyl groups is 1. The Morgan fingerprint density at radius 1 is 1.09 bits per heavy atom. The van der Waals surface area contributed by atoms with Crippen molar-refractivity contribution >= 4 is 50.5 Å². The Bertz CT molecular complexity index is 1290. The zero-order valence-corrected chi connectivity index (χ0v) is 18.9. The second-order valence-corrected chi connectivity index (χ2v) is 8.40. The van der Waals surface area contributed by atoms with Crippen LogP contribution < -0.4 is 15.4 Å². The molecule has 0 atom stereocenters. The van der Waals surface area contributed by atoms with Crippen molar-refractivity contribution in [2.75, 3.05) is 18.5 Å². The van der Waals surface area contributed by atoms with Crippen LogP contribution in [0, 0.1) is 0 Å². The molecule has 0 unspecified atom stereocenters. The van der Waals surface area contributed by atoms with Crippen molar-refractivity contribution in [2.24, 2.45) is 0 Å². The van der Waals surface area contributed by atoms with E-state index >= 15 is 0 Å². The maximum absolute atomic E-state index is 12.4. The fourth-order valence-electron chi connectivity index (χ4n) is 3.17. The van der Waals surface area contributed by atoms with Crippen molar-refractivity contribution in [3.05, 3.63) is 88.0 Å². The molecule has 0 spiro atoms. The zero-order valence-electron chi connectivity index (χ0n) is 17.4. The molecule has 0 fully saturated rings. The Balaban J connectivity index is 1.45. The van der Waals surface area contributed by atoms with Gasteiger partial charge in [-0.3, -0.25) is 14.6 Å². The number of pyridine rings is 1. The first-order valence-electron chi connectivity index (χ1n) is 10.1. The molecule has 2 aromatic carbocycles. The molecule has 0 aliphatic heterocycles. The monoisotopic (exact) mass is 481 g/mol. The van der Waals surface area contributed by atoms with E-state index in [0.29, 0.717) is 27.6 Å². The number of amides is 2. The molecule has 9 heteroatoms. The standard InChI is InChI=1S/C24H20ClN3O4S/c25-17-6-4-15(5-7-17)23(30)28-18-2-1-3-19(10-18)32-13-16-14-33-22-20(16)11-26-12-21(22)24(31)27-8-9-29/h1-7,10-12,14,29H,8-9,13H2,(H,27,31)(H,28,30). The van der Waals surface area contributed by atoms with Crippen molar-refractivity contribution in [3.63, 3.8) is 0 Å². The van der Waals surface area contributed by atoms with Crippen molar-refractivity contribution in [1.82, 2.24) is 10.3 Å². The lowest BCUT2D eigenvalue weighted by atomic mass is 10.1. The maximum Gasteiger partial charge on any atom is 0.255 e. The number of carbonyl (C=O) groups is 2. The Labute approximate surface area is 199 Å². The van der Waals surface area contributed by atoms with E-state index in [4.69, 9.17) is 21.4 Å². The SMILES string of the molecule is O=C(Nc1cccc(OCc2csc3c(C(=O)NCCO)cncc23)c1)c1ccc(Cl)cc1. The average molecular weight is 482 g/mol. The molecule has 4 aromatic rings. The molecule has 2 amide bonds. The molecule has 0 aliphatic carbocycles. The number of fused-ring (bicyclic) bond motifs is 1. The van der Waals surface area contributed by atoms with Gasteiger partial charge in [0.1, 0.15) is 12.4 Å². The number of anilines is 1. The molecule has 2 aromatic heterocycles. The minimum absolute atomic E-state index is 0.127. The van der Waals surface area contributed by atoms with E-state index in [-0.39, 0.29) is 31.6 Å². The van der Waals surface area contributed by atoms with Crippen LogP contribution in [0.25, 0.3) is 10.1 Å². The highest BCUT2D eigenvalue weighted by Gasteiger charge is 2.15. The lowest BCUT2D eigenvalue weighted by Crippen LogP contribution is -2.26. The van der Waals surface area contributed by atoms with Crippen molar-refractivity contribution in [2.45, 2.75) is 6.61 Å². The third kappa shape index (κ3) is 5.48. The third-order valence-electron chi connectivity index (χ3n) is 4.80. The maximum atomic E-state index is 12.4. The first-order valence-corrected chi connectivity index (χ1v) is 11.3. The molecule has 0 aliphatic rings. The Morgan fingerprint density at radius 3 is 2.70 bits per heavy atom. The van der Waals surface area contributed by atoms with E-state index in [1.807, 2.05) is 5.38 Å². The highest BCUT2D eigenvalue weighted by Crippen LogP contribution is 2.29. The van der Waals surface area contributed by atoms with Gasteiger partial charge in [-0.25, -0.2) is 0 Å². The number of aromatic nitrogens is 1. The smallest absolute Gasteiger partial charge is 0.255 e. The number of ether oxygens (including phenoxy) is 1. The van der Waals surface area contributed by atoms with E-state index in [9.17, 15) is 9.59 Å². The number of rotatable bonds is 8. The van der Waals surface area contributed by atoms with Gasteiger partial charge in [0.25, 0.3) is 11.8 Å². The molecular formula is C24H20ClN3O4S. The Kier molecular flexibility index (Phi) is 7.19. The number of halogens is 1. The van der Waals surface area contributed by atoms with Crippen LogP contribution in [0.4, 0.5) is 5.69 Å². The minimum Gasteiger partial charge on any atom is -0.489 e. The van der Waals surface area contributed by atoms with Crippen LogP contribution in [0.2, 0.25) is 5.02 Å². The first kappa shape index (κ1) is 22.7. The van der Waals surface area contributed by atoms with Gasteiger partial charge < -0.3 is 20.5 Å². The van der Waals surface area contributed by atoms with Crippen LogP contribution in [0.5, 0.6) is 5.75 Å². The van der Waals surface area contributed by atoms with Crippen LogP contribution in [0.15, 0.2) is 66.3 Å². The van der Waals surface area contributed by atoms with Gasteiger partial charge in [-0.1, -0.05) is 17.7 Å². The number of carbonyl (C=O) groups excluding carboxylic acids is 2. The molecule has 4 rings (SSSR count). The summed E-state index contributed by atoms with van der Waals surface area (Å²) in [5, 5.41) is 17.8. The fraction of sp³-hybridized carbons (Fsp3) is 0.125. The molecular weight excluding hydrogens is 462 g/mol. The van der Waals surface area contributed by atoms with Crippen molar-refractivity contribution in [1.29, 1.82) is 0 Å². The molecule has 7 nitrogen and oxygen atoms in total. The second kappa shape index (κ2) is 10.4. The van der Waals surface area contributed by atoms with E-state index < -0.39 is 0 Å². The summed E-state index contributed by atoms with van der Waals surface area (Å²) < 4.78 is 6.75. The largest absolute Gasteiger partial charge is 0.489 e. The number of benzene rings is 2. The zero-order chi connectivity index (χ0) is 23.2. The summed E-state index contributed by atoms with van der Waals surface area (Å²) in [6, 6.07) is 13.8. The first-order chi connectivity index (χ1) is 16.0. The van der Waals surface area contributed by atoms with Gasteiger partial charge in [0.2, 0.25) is 0 Å². The summed E-state index contributed by atoms with van der Waals surface area (Å²) in [7, 11) is 0. The summed E-state index contributed by atoms with van der Waals surface area (Å²) in [6.45, 7) is 0.331. The van der Waals surface area contributed by atoms with Crippen LogP contribution in [-0.2, 0) is 6.61 Å². The third-order valence-corrected chi connectivity index (χ3v) is 6.13. The predicted molar refractivity (Wildman–Crippen MR) is 129 cm³/mol. The summed E-state index contributed by atoms with van der Waals surface area (Å²) >= 11 is 7.31. The van der Waals surface area contributed by atoms with Crippen molar-refractivity contribution < 1.29 is 19.4 Å². The van der Waals surface area contributed by atoms with Crippen LogP contribution in [0.1, 0.15) is 26.3 Å². The quantitative estimate of drug-likeness (QED) is 0.344. The van der Waals surface area contributed by atoms with E-state index in [0.717, 1.165) is 15.6 Å². The van der Waals surface area contributed by atoms with Gasteiger partial charge >= 0.3 is 0 Å². The van der Waals surface area contributed by atoms with Gasteiger partial charge in [-0.2, -0.15) is 0 Å². The lowest BCUT2D eigenvalue weighted by Gasteiger charge is -2.09. The lowest BCUT2D eigenvalue weighted by molar-refractivity contribution is 0.0945. The minimum atomic E-state index is -0.277. The molecule has 0 saturated heterocycles. The molecule has 0 bridgehead atoms. The van der Waals surface area contributed by atoms with Crippen molar-refractivity contribution in [3.8, 4) is 5.75 Å². The topological polar surface area (TPSA) is 101 Å². The summed E-state index contributed by atoms with van der Waals surface area (Å²) in [5.74, 6) is 0.0689. The van der Waals surface area contributed by atoms with Gasteiger partial charge in [-0.05, 0) is 41.8 Å². The summed E-state index contributed by atoms with van der Waals surface area (Å²) in [4.78, 5) is 28.9. The molecule has 2 heterocycles. The van der Waals surface area contributed by atoms with Gasteiger partial charge in [0.05, 0.1) is 16.9 Å². The van der Waals surface area contributed by atoms with Crippen LogP contribution in [-0.4, -0.2) is 35.1 Å². The normalized spacial score (nSPS) is 10.7. The number of nitrogens with zero attached hydrogens (tertiary/aromatic N) is 1. The van der Waals surface area contributed by atoms with Gasteiger partial charge in [-0.15, -0.1) is 11.3 Å². The molecule has 0 radical (unpaired) electrons. The molecule has 168 valence electrons. The van der Waals surface area contributed by atoms with Gasteiger partial charge in [0.15, 0.2) is 0 Å². The van der Waals surface area contributed by atoms with E-state index in [2.05, 4.69) is 15.6 Å². The second-order valence-electron chi connectivity index (χ2n) is 7.08.